The summed E-state index contributed by atoms with van der Waals surface area (Å²) < 4.78 is 45.2. The molecule has 0 radical (unpaired) electrons. The maximum absolute atomic E-state index is 13.8. The largest absolute Gasteiger partial charge is 0.497 e. The zero-order chi connectivity index (χ0) is 28.8. The van der Waals surface area contributed by atoms with E-state index in [2.05, 4.69) is 4.98 Å². The van der Waals surface area contributed by atoms with E-state index in [1.807, 2.05) is 35.7 Å². The number of benzene rings is 3. The zero-order valence-electron chi connectivity index (χ0n) is 22.9. The Labute approximate surface area is 239 Å². The van der Waals surface area contributed by atoms with Gasteiger partial charge in [0, 0.05) is 30.2 Å². The molecule has 0 atom stereocenters. The van der Waals surface area contributed by atoms with Gasteiger partial charge in [-0.1, -0.05) is 36.4 Å². The molecular weight excluding hydrogens is 548 g/mol. The fourth-order valence-electron chi connectivity index (χ4n) is 3.90. The molecule has 1 aromatic heterocycles. The molecule has 0 saturated heterocycles. The van der Waals surface area contributed by atoms with E-state index in [0.29, 0.717) is 17.1 Å². The molecule has 0 saturated carbocycles. The molecule has 0 fully saturated rings. The first-order valence-electron chi connectivity index (χ1n) is 12.6. The van der Waals surface area contributed by atoms with Crippen LogP contribution in [-0.2, 0) is 32.6 Å². The number of esters is 1. The Morgan fingerprint density at radius 2 is 1.62 bits per heavy atom. The van der Waals surface area contributed by atoms with Gasteiger partial charge < -0.3 is 14.2 Å². The maximum Gasteiger partial charge on any atom is 0.344 e. The predicted molar refractivity (Wildman–Crippen MR) is 155 cm³/mol. The van der Waals surface area contributed by atoms with E-state index in [9.17, 15) is 13.2 Å². The molecular formula is C30H32N2O6S2. The fraction of sp³-hybridized carbons (Fsp3) is 0.267. The molecule has 8 nitrogen and oxygen atoms in total. The van der Waals surface area contributed by atoms with Crippen molar-refractivity contribution in [3.63, 3.8) is 0 Å². The second-order valence-corrected chi connectivity index (χ2v) is 12.8. The summed E-state index contributed by atoms with van der Waals surface area (Å²) >= 11 is 1.54. The van der Waals surface area contributed by atoms with Crippen molar-refractivity contribution >= 4 is 27.3 Å². The molecule has 4 rings (SSSR count). The summed E-state index contributed by atoms with van der Waals surface area (Å²) in [6, 6.07) is 21.1. The number of methoxy groups -OCH3 is 1. The normalized spacial score (nSPS) is 11.8. The first-order valence-corrected chi connectivity index (χ1v) is 14.9. The highest BCUT2D eigenvalue weighted by Crippen LogP contribution is 2.26. The lowest BCUT2D eigenvalue weighted by Crippen LogP contribution is -2.30. The molecule has 0 aliphatic heterocycles. The highest BCUT2D eigenvalue weighted by atomic mass is 32.2. The van der Waals surface area contributed by atoms with Gasteiger partial charge in [0.2, 0.25) is 10.0 Å². The van der Waals surface area contributed by atoms with Crippen molar-refractivity contribution in [2.75, 3.05) is 13.7 Å². The van der Waals surface area contributed by atoms with Crippen LogP contribution in [0.25, 0.3) is 10.6 Å². The summed E-state index contributed by atoms with van der Waals surface area (Å²) in [6.45, 7) is 5.35. The van der Waals surface area contributed by atoms with Gasteiger partial charge in [0.15, 0.2) is 6.61 Å². The zero-order valence-corrected chi connectivity index (χ0v) is 24.5. The number of hydrogen-bond acceptors (Lipinski definition) is 8. The molecule has 0 aliphatic carbocycles. The third kappa shape index (κ3) is 7.91. The van der Waals surface area contributed by atoms with Crippen LogP contribution >= 0.6 is 11.3 Å². The fourth-order valence-corrected chi connectivity index (χ4v) is 5.96. The van der Waals surface area contributed by atoms with Gasteiger partial charge in [0.25, 0.3) is 0 Å². The molecule has 1 heterocycles. The van der Waals surface area contributed by atoms with Crippen molar-refractivity contribution in [1.82, 2.24) is 9.29 Å². The Morgan fingerprint density at radius 1 is 0.925 bits per heavy atom. The van der Waals surface area contributed by atoms with Gasteiger partial charge in [-0.3, -0.25) is 0 Å². The average molecular weight is 581 g/mol. The minimum Gasteiger partial charge on any atom is -0.497 e. The van der Waals surface area contributed by atoms with Crippen LogP contribution in [-0.4, -0.2) is 43.0 Å². The molecule has 0 N–H and O–H groups in total. The third-order valence-electron chi connectivity index (χ3n) is 5.72. The first-order chi connectivity index (χ1) is 19.0. The standard InChI is InChI=1S/C30H32N2O6S2/c1-30(2,3)38-28(33)21-37-26-7-5-6-23(18-26)20-32(40(34,35)27-14-12-25(36-4)13-15-27)19-22-8-10-24(11-9-22)29-31-16-17-39-29/h5-18H,19-21H2,1-4H3. The summed E-state index contributed by atoms with van der Waals surface area (Å²) in [5, 5.41) is 2.81. The second-order valence-electron chi connectivity index (χ2n) is 10.0. The second kappa shape index (κ2) is 12.6. The molecule has 0 spiro atoms. The molecule has 40 heavy (non-hydrogen) atoms. The van der Waals surface area contributed by atoms with Gasteiger partial charge in [-0.05, 0) is 68.3 Å². The lowest BCUT2D eigenvalue weighted by Gasteiger charge is -2.23. The van der Waals surface area contributed by atoms with E-state index in [1.54, 1.807) is 68.6 Å². The van der Waals surface area contributed by atoms with Crippen LogP contribution in [0.2, 0.25) is 0 Å². The number of carbonyl (C=O) groups is 1. The van der Waals surface area contributed by atoms with Crippen LogP contribution in [0.4, 0.5) is 0 Å². The number of sulfonamides is 1. The van der Waals surface area contributed by atoms with Crippen molar-refractivity contribution in [2.45, 2.75) is 44.4 Å². The van der Waals surface area contributed by atoms with E-state index < -0.39 is 21.6 Å². The summed E-state index contributed by atoms with van der Waals surface area (Å²) in [4.78, 5) is 16.6. The summed E-state index contributed by atoms with van der Waals surface area (Å²) in [7, 11) is -2.35. The number of aromatic nitrogens is 1. The van der Waals surface area contributed by atoms with E-state index in [0.717, 1.165) is 16.1 Å². The smallest absolute Gasteiger partial charge is 0.344 e. The van der Waals surface area contributed by atoms with Crippen LogP contribution in [0.3, 0.4) is 0 Å². The molecule has 0 unspecified atom stereocenters. The Morgan fingerprint density at radius 3 is 2.25 bits per heavy atom. The minimum absolute atomic E-state index is 0.0895. The molecule has 4 aromatic rings. The summed E-state index contributed by atoms with van der Waals surface area (Å²) in [5.41, 5.74) is 1.89. The molecule has 10 heteroatoms. The van der Waals surface area contributed by atoms with Crippen molar-refractivity contribution in [2.24, 2.45) is 0 Å². The number of thiazole rings is 1. The Hall–Kier alpha value is -3.73. The lowest BCUT2D eigenvalue weighted by molar-refractivity contribution is -0.157. The van der Waals surface area contributed by atoms with Gasteiger partial charge in [0.1, 0.15) is 22.1 Å². The molecule has 0 amide bonds. The first kappa shape index (κ1) is 29.3. The van der Waals surface area contributed by atoms with Crippen LogP contribution in [0.15, 0.2) is 89.3 Å². The number of ether oxygens (including phenoxy) is 3. The van der Waals surface area contributed by atoms with E-state index >= 15 is 0 Å². The monoisotopic (exact) mass is 580 g/mol. The number of rotatable bonds is 11. The topological polar surface area (TPSA) is 95.0 Å². The van der Waals surface area contributed by atoms with Gasteiger partial charge >= 0.3 is 5.97 Å². The van der Waals surface area contributed by atoms with Gasteiger partial charge in [0.05, 0.1) is 12.0 Å². The van der Waals surface area contributed by atoms with Crippen LogP contribution in [0.1, 0.15) is 31.9 Å². The van der Waals surface area contributed by atoms with Crippen molar-refractivity contribution in [1.29, 1.82) is 0 Å². The van der Waals surface area contributed by atoms with Crippen molar-refractivity contribution < 1.29 is 27.4 Å². The highest BCUT2D eigenvalue weighted by Gasteiger charge is 2.25. The number of nitrogens with zero attached hydrogens (tertiary/aromatic N) is 2. The number of hydrogen-bond donors (Lipinski definition) is 0. The Bertz CT molecular complexity index is 1510. The van der Waals surface area contributed by atoms with Crippen LogP contribution in [0.5, 0.6) is 11.5 Å². The third-order valence-corrected chi connectivity index (χ3v) is 8.35. The SMILES string of the molecule is COc1ccc(S(=O)(=O)N(Cc2ccc(-c3nccs3)cc2)Cc2cccc(OCC(=O)OC(C)(C)C)c2)cc1. The van der Waals surface area contributed by atoms with Crippen molar-refractivity contribution in [3.8, 4) is 22.1 Å². The van der Waals surface area contributed by atoms with Gasteiger partial charge in [-0.25, -0.2) is 18.2 Å². The lowest BCUT2D eigenvalue weighted by atomic mass is 10.1. The number of carbonyl (C=O) groups excluding carboxylic acids is 1. The van der Waals surface area contributed by atoms with Crippen LogP contribution in [0, 0.1) is 0 Å². The highest BCUT2D eigenvalue weighted by molar-refractivity contribution is 7.89. The average Bonchev–Trinajstić information content (AvgIpc) is 3.46. The van der Waals surface area contributed by atoms with Gasteiger partial charge in [-0.15, -0.1) is 11.3 Å². The van der Waals surface area contributed by atoms with E-state index in [4.69, 9.17) is 14.2 Å². The van der Waals surface area contributed by atoms with E-state index in [1.165, 1.54) is 23.5 Å². The Balaban J connectivity index is 1.57. The molecule has 210 valence electrons. The molecule has 0 bridgehead atoms. The molecule has 0 aliphatic rings. The predicted octanol–water partition coefficient (Wildman–Crippen LogP) is 5.93. The summed E-state index contributed by atoms with van der Waals surface area (Å²) in [5.74, 6) is 0.527. The minimum atomic E-state index is -3.88. The van der Waals surface area contributed by atoms with Crippen molar-refractivity contribution in [3.05, 3.63) is 95.5 Å². The summed E-state index contributed by atoms with van der Waals surface area (Å²) in [6.07, 6.45) is 1.75. The van der Waals surface area contributed by atoms with Gasteiger partial charge in [-0.2, -0.15) is 4.31 Å². The quantitative estimate of drug-likeness (QED) is 0.203. The van der Waals surface area contributed by atoms with E-state index in [-0.39, 0.29) is 24.6 Å². The Kier molecular flexibility index (Phi) is 9.24. The molecule has 3 aromatic carbocycles. The maximum atomic E-state index is 13.8. The van der Waals surface area contributed by atoms with Crippen LogP contribution < -0.4 is 9.47 Å².